The molecular formula is C12H12N2O5S. The lowest BCUT2D eigenvalue weighted by atomic mass is 10.2. The average Bonchev–Trinajstić information content (AvgIpc) is 2.85. The summed E-state index contributed by atoms with van der Waals surface area (Å²) in [5.74, 6) is -0.586. The Balaban J connectivity index is 2.33. The van der Waals surface area contributed by atoms with Crippen molar-refractivity contribution < 1.29 is 24.2 Å². The monoisotopic (exact) mass is 296 g/mol. The molecule has 20 heavy (non-hydrogen) atoms. The maximum Gasteiger partial charge on any atom is 0.303 e. The van der Waals surface area contributed by atoms with Gasteiger partial charge in [0, 0.05) is 12.5 Å². The summed E-state index contributed by atoms with van der Waals surface area (Å²) in [6, 6.07) is 1.69. The van der Waals surface area contributed by atoms with E-state index in [0.29, 0.717) is 16.1 Å². The molecule has 2 aromatic heterocycles. The SMILES string of the molecule is COc1cc2sc(C(=O)CCC(=O)O)nc2nc1OC. The molecule has 0 atom stereocenters. The highest BCUT2D eigenvalue weighted by atomic mass is 32.1. The smallest absolute Gasteiger partial charge is 0.303 e. The highest BCUT2D eigenvalue weighted by Gasteiger charge is 2.17. The predicted molar refractivity (Wildman–Crippen MR) is 71.7 cm³/mol. The number of hydrogen-bond donors (Lipinski definition) is 1. The molecule has 7 nitrogen and oxygen atoms in total. The fourth-order valence-corrected chi connectivity index (χ4v) is 2.47. The van der Waals surface area contributed by atoms with E-state index in [1.165, 1.54) is 14.2 Å². The summed E-state index contributed by atoms with van der Waals surface area (Å²) in [6.45, 7) is 0. The third kappa shape index (κ3) is 2.85. The van der Waals surface area contributed by atoms with Crippen molar-refractivity contribution in [3.05, 3.63) is 11.1 Å². The molecule has 2 aromatic rings. The molecule has 2 heterocycles. The van der Waals surface area contributed by atoms with Gasteiger partial charge in [-0.1, -0.05) is 0 Å². The average molecular weight is 296 g/mol. The number of carbonyl (C=O) groups excluding carboxylic acids is 1. The number of aliphatic carboxylic acids is 1. The number of hydrogen-bond acceptors (Lipinski definition) is 7. The Labute approximate surface area is 118 Å². The van der Waals surface area contributed by atoms with Gasteiger partial charge in [0.25, 0.3) is 5.88 Å². The molecule has 0 bridgehead atoms. The zero-order valence-corrected chi connectivity index (χ0v) is 11.7. The minimum atomic E-state index is -1.01. The fraction of sp³-hybridized carbons (Fsp3) is 0.333. The molecule has 0 amide bonds. The third-order valence-corrected chi connectivity index (χ3v) is 3.57. The van der Waals surface area contributed by atoms with Gasteiger partial charge < -0.3 is 14.6 Å². The molecule has 0 radical (unpaired) electrons. The Morgan fingerprint density at radius 2 is 2.00 bits per heavy atom. The summed E-state index contributed by atoms with van der Waals surface area (Å²) < 4.78 is 10.9. The first kappa shape index (κ1) is 14.2. The van der Waals surface area contributed by atoms with E-state index in [9.17, 15) is 9.59 Å². The van der Waals surface area contributed by atoms with Crippen LogP contribution in [0.15, 0.2) is 6.07 Å². The van der Waals surface area contributed by atoms with Crippen LogP contribution in [0.3, 0.4) is 0 Å². The summed E-state index contributed by atoms with van der Waals surface area (Å²) >= 11 is 1.15. The molecule has 1 N–H and O–H groups in total. The van der Waals surface area contributed by atoms with Crippen LogP contribution in [-0.2, 0) is 4.79 Å². The van der Waals surface area contributed by atoms with E-state index < -0.39 is 5.97 Å². The van der Waals surface area contributed by atoms with Crippen molar-refractivity contribution in [2.45, 2.75) is 12.8 Å². The summed E-state index contributed by atoms with van der Waals surface area (Å²) in [4.78, 5) is 30.5. The number of methoxy groups -OCH3 is 2. The van der Waals surface area contributed by atoms with Crippen molar-refractivity contribution in [2.75, 3.05) is 14.2 Å². The molecule has 2 rings (SSSR count). The van der Waals surface area contributed by atoms with Crippen LogP contribution in [0.25, 0.3) is 10.3 Å². The van der Waals surface area contributed by atoms with Crippen LogP contribution in [0.2, 0.25) is 0 Å². The normalized spacial score (nSPS) is 10.5. The van der Waals surface area contributed by atoms with Gasteiger partial charge in [-0.3, -0.25) is 9.59 Å². The molecular weight excluding hydrogens is 284 g/mol. The number of carboxylic acid groups (broad SMARTS) is 1. The number of rotatable bonds is 6. The molecule has 106 valence electrons. The molecule has 0 aliphatic rings. The number of thiazole rings is 1. The van der Waals surface area contributed by atoms with Gasteiger partial charge in [-0.05, 0) is 0 Å². The van der Waals surface area contributed by atoms with Crippen LogP contribution in [0.1, 0.15) is 22.6 Å². The van der Waals surface area contributed by atoms with Gasteiger partial charge in [-0.25, -0.2) is 4.98 Å². The number of pyridine rings is 1. The van der Waals surface area contributed by atoms with Crippen LogP contribution < -0.4 is 9.47 Å². The molecule has 0 unspecified atom stereocenters. The second-order valence-corrected chi connectivity index (χ2v) is 4.89. The van der Waals surface area contributed by atoms with Crippen LogP contribution in [0, 0.1) is 0 Å². The summed E-state index contributed by atoms with van der Waals surface area (Å²) in [5, 5.41) is 8.81. The zero-order valence-electron chi connectivity index (χ0n) is 10.9. The topological polar surface area (TPSA) is 98.6 Å². The number of fused-ring (bicyclic) bond motifs is 1. The van der Waals surface area contributed by atoms with E-state index >= 15 is 0 Å². The van der Waals surface area contributed by atoms with E-state index in [2.05, 4.69) is 9.97 Å². The quantitative estimate of drug-likeness (QED) is 0.811. The van der Waals surface area contributed by atoms with Gasteiger partial charge in [0.1, 0.15) is 0 Å². The van der Waals surface area contributed by atoms with Crippen molar-refractivity contribution in [3.63, 3.8) is 0 Å². The Hall–Kier alpha value is -2.22. The molecule has 0 spiro atoms. The van der Waals surface area contributed by atoms with E-state index in [1.807, 2.05) is 0 Å². The van der Waals surface area contributed by atoms with Gasteiger partial charge >= 0.3 is 5.97 Å². The molecule has 0 saturated heterocycles. The lowest BCUT2D eigenvalue weighted by Crippen LogP contribution is -2.03. The number of ketones is 1. The second kappa shape index (κ2) is 5.83. The number of ether oxygens (including phenoxy) is 2. The Bertz CT molecular complexity index is 626. The van der Waals surface area contributed by atoms with Crippen LogP contribution >= 0.6 is 11.3 Å². The highest BCUT2D eigenvalue weighted by Crippen LogP contribution is 2.32. The van der Waals surface area contributed by atoms with Crippen molar-refractivity contribution >= 4 is 33.4 Å². The van der Waals surface area contributed by atoms with Crippen LogP contribution in [0.5, 0.6) is 11.6 Å². The largest absolute Gasteiger partial charge is 0.491 e. The predicted octanol–water partition coefficient (Wildman–Crippen LogP) is 1.76. The van der Waals surface area contributed by atoms with Gasteiger partial charge in [-0.15, -0.1) is 11.3 Å². The van der Waals surface area contributed by atoms with Gasteiger partial charge in [0.05, 0.1) is 25.3 Å². The van der Waals surface area contributed by atoms with Crippen LogP contribution in [-0.4, -0.2) is 41.0 Å². The first-order chi connectivity index (χ1) is 9.55. The maximum atomic E-state index is 11.8. The number of carboxylic acids is 1. The van der Waals surface area contributed by atoms with Gasteiger partial charge in [0.2, 0.25) is 0 Å². The first-order valence-electron chi connectivity index (χ1n) is 5.69. The summed E-state index contributed by atoms with van der Waals surface area (Å²) in [7, 11) is 2.95. The number of carbonyl (C=O) groups is 2. The minimum Gasteiger partial charge on any atom is -0.491 e. The molecule has 0 fully saturated rings. The van der Waals surface area contributed by atoms with Crippen LogP contribution in [0.4, 0.5) is 0 Å². The van der Waals surface area contributed by atoms with Crippen molar-refractivity contribution in [1.29, 1.82) is 0 Å². The van der Waals surface area contributed by atoms with Crippen molar-refractivity contribution in [2.24, 2.45) is 0 Å². The van der Waals surface area contributed by atoms with E-state index in [0.717, 1.165) is 11.3 Å². The van der Waals surface area contributed by atoms with Crippen molar-refractivity contribution in [3.8, 4) is 11.6 Å². The number of Topliss-reactive ketones (excluding diaryl/α,β-unsaturated/α-hetero) is 1. The Kier molecular flexibility index (Phi) is 4.14. The van der Waals surface area contributed by atoms with Gasteiger partial charge in [-0.2, -0.15) is 4.98 Å². The lowest BCUT2D eigenvalue weighted by molar-refractivity contribution is -0.136. The number of nitrogens with zero attached hydrogens (tertiary/aromatic N) is 2. The molecule has 0 aliphatic carbocycles. The van der Waals surface area contributed by atoms with Crippen molar-refractivity contribution in [1.82, 2.24) is 9.97 Å². The standard InChI is InChI=1S/C12H12N2O5S/c1-18-7-5-8-10(13-11(7)19-2)14-12(20-8)6(15)3-4-9(16)17/h5H,3-4H2,1-2H3,(H,16,17). The first-order valence-corrected chi connectivity index (χ1v) is 6.51. The molecule has 0 aromatic carbocycles. The van der Waals surface area contributed by atoms with E-state index in [1.54, 1.807) is 6.07 Å². The molecule has 8 heteroatoms. The highest BCUT2D eigenvalue weighted by molar-refractivity contribution is 7.20. The lowest BCUT2D eigenvalue weighted by Gasteiger charge is -2.04. The summed E-state index contributed by atoms with van der Waals surface area (Å²) in [5.41, 5.74) is 0.381. The number of aromatic nitrogens is 2. The fourth-order valence-electron chi connectivity index (χ4n) is 1.57. The molecule has 0 aliphatic heterocycles. The summed E-state index contributed by atoms with van der Waals surface area (Å²) in [6.07, 6.45) is -0.293. The Morgan fingerprint density at radius 1 is 1.25 bits per heavy atom. The molecule has 0 saturated carbocycles. The third-order valence-electron chi connectivity index (χ3n) is 2.53. The van der Waals surface area contributed by atoms with E-state index in [4.69, 9.17) is 14.6 Å². The minimum absolute atomic E-state index is 0.0799. The zero-order chi connectivity index (χ0) is 14.7. The second-order valence-electron chi connectivity index (χ2n) is 3.86. The van der Waals surface area contributed by atoms with E-state index in [-0.39, 0.29) is 29.5 Å². The Morgan fingerprint density at radius 3 is 2.60 bits per heavy atom. The maximum absolute atomic E-state index is 11.8. The van der Waals surface area contributed by atoms with Gasteiger partial charge in [0.15, 0.2) is 22.2 Å².